The van der Waals surface area contributed by atoms with Crippen LogP contribution in [0.2, 0.25) is 0 Å². The van der Waals surface area contributed by atoms with Crippen molar-refractivity contribution >= 4 is 18.0 Å². The van der Waals surface area contributed by atoms with Gasteiger partial charge >= 0.3 is 6.03 Å². The third-order valence-corrected chi connectivity index (χ3v) is 5.01. The number of aliphatic hydroxyl groups is 1. The van der Waals surface area contributed by atoms with Crippen molar-refractivity contribution in [3.05, 3.63) is 65.7 Å². The van der Waals surface area contributed by atoms with Gasteiger partial charge in [0.25, 0.3) is 0 Å². The normalized spacial score (nSPS) is 17.8. The van der Waals surface area contributed by atoms with Crippen LogP contribution in [0.5, 0.6) is 0 Å². The van der Waals surface area contributed by atoms with Crippen LogP contribution in [0.25, 0.3) is 0 Å². The van der Waals surface area contributed by atoms with Crippen LogP contribution >= 0.6 is 11.9 Å². The van der Waals surface area contributed by atoms with Crippen LogP contribution in [0.3, 0.4) is 0 Å². The zero-order valence-corrected chi connectivity index (χ0v) is 13.9. The average Bonchev–Trinajstić information content (AvgIpc) is 2.86. The molecular formula is C18H20N2O2S. The molecule has 0 radical (unpaired) electrons. The standard InChI is InChI=1S/C18H20N2O2S/c1-14-7-9-17(10-8-14)23-20-16(13-21)12-19(18(20)22)11-15-5-3-2-4-6-15/h2-10,16,21H,11-13H2,1H3. The number of aryl methyl sites for hydroxylation is 1. The van der Waals surface area contributed by atoms with Gasteiger partial charge in [-0.15, -0.1) is 0 Å². The number of hydrogen-bond donors (Lipinski definition) is 1. The molecule has 1 fully saturated rings. The molecule has 23 heavy (non-hydrogen) atoms. The summed E-state index contributed by atoms with van der Waals surface area (Å²) in [6.45, 7) is 3.12. The Morgan fingerprint density at radius 1 is 1.13 bits per heavy atom. The molecule has 0 bridgehead atoms. The lowest BCUT2D eigenvalue weighted by Gasteiger charge is -2.20. The minimum absolute atomic E-state index is 0.0319. The summed E-state index contributed by atoms with van der Waals surface area (Å²) in [5.74, 6) is 0. The molecule has 2 aromatic rings. The number of benzene rings is 2. The molecular weight excluding hydrogens is 308 g/mol. The maximum atomic E-state index is 12.7. The fourth-order valence-corrected chi connectivity index (χ4v) is 3.56. The Labute approximate surface area is 140 Å². The topological polar surface area (TPSA) is 43.8 Å². The maximum absolute atomic E-state index is 12.7. The second-order valence-corrected chi connectivity index (χ2v) is 6.76. The Morgan fingerprint density at radius 3 is 2.48 bits per heavy atom. The molecule has 1 heterocycles. The first-order valence-electron chi connectivity index (χ1n) is 7.65. The van der Waals surface area contributed by atoms with E-state index in [2.05, 4.69) is 0 Å². The minimum Gasteiger partial charge on any atom is -0.394 e. The number of carbonyl (C=O) groups excluding carboxylic acids is 1. The lowest BCUT2D eigenvalue weighted by Crippen LogP contribution is -2.30. The Hall–Kier alpha value is -1.98. The molecule has 0 aliphatic carbocycles. The average molecular weight is 328 g/mol. The molecule has 1 saturated heterocycles. The quantitative estimate of drug-likeness (QED) is 0.857. The number of hydrogen-bond acceptors (Lipinski definition) is 3. The molecule has 1 aliphatic heterocycles. The van der Waals surface area contributed by atoms with Gasteiger partial charge in [0.2, 0.25) is 0 Å². The van der Waals surface area contributed by atoms with Gasteiger partial charge in [-0.2, -0.15) is 0 Å². The van der Waals surface area contributed by atoms with E-state index < -0.39 is 0 Å². The summed E-state index contributed by atoms with van der Waals surface area (Å²) < 4.78 is 1.69. The highest BCUT2D eigenvalue weighted by atomic mass is 32.2. The summed E-state index contributed by atoms with van der Waals surface area (Å²) in [6, 6.07) is 17.8. The summed E-state index contributed by atoms with van der Waals surface area (Å²) in [6.07, 6.45) is 0. The van der Waals surface area contributed by atoms with Crippen molar-refractivity contribution in [2.24, 2.45) is 0 Å². The van der Waals surface area contributed by atoms with Crippen LogP contribution in [0.4, 0.5) is 4.79 Å². The zero-order valence-electron chi connectivity index (χ0n) is 13.1. The van der Waals surface area contributed by atoms with Crippen LogP contribution in [0.15, 0.2) is 59.5 Å². The van der Waals surface area contributed by atoms with Crippen LogP contribution in [0.1, 0.15) is 11.1 Å². The summed E-state index contributed by atoms with van der Waals surface area (Å²) in [7, 11) is 0. The Bertz CT molecular complexity index is 660. The molecule has 5 heteroatoms. The van der Waals surface area contributed by atoms with Gasteiger partial charge in [-0.05, 0) is 36.6 Å². The van der Waals surface area contributed by atoms with E-state index in [0.29, 0.717) is 13.1 Å². The molecule has 0 saturated carbocycles. The predicted octanol–water partition coefficient (Wildman–Crippen LogP) is 3.30. The number of amides is 2. The first-order valence-corrected chi connectivity index (χ1v) is 8.42. The van der Waals surface area contributed by atoms with Gasteiger partial charge in [-0.3, -0.25) is 4.31 Å². The van der Waals surface area contributed by atoms with Crippen LogP contribution in [-0.4, -0.2) is 39.5 Å². The van der Waals surface area contributed by atoms with Crippen LogP contribution < -0.4 is 0 Å². The molecule has 1 aliphatic rings. The minimum atomic E-state index is -0.183. The fraction of sp³-hybridized carbons (Fsp3) is 0.278. The highest BCUT2D eigenvalue weighted by molar-refractivity contribution is 7.97. The van der Waals surface area contributed by atoms with E-state index in [0.717, 1.165) is 10.5 Å². The van der Waals surface area contributed by atoms with E-state index in [4.69, 9.17) is 0 Å². The van der Waals surface area contributed by atoms with E-state index in [9.17, 15) is 9.90 Å². The molecule has 2 aromatic carbocycles. The third kappa shape index (κ3) is 3.68. The van der Waals surface area contributed by atoms with Crippen LogP contribution in [-0.2, 0) is 6.54 Å². The second-order valence-electron chi connectivity index (χ2n) is 5.72. The van der Waals surface area contributed by atoms with E-state index in [1.807, 2.05) is 61.5 Å². The first kappa shape index (κ1) is 15.9. The van der Waals surface area contributed by atoms with Crippen molar-refractivity contribution in [3.63, 3.8) is 0 Å². The summed E-state index contributed by atoms with van der Waals surface area (Å²) in [5, 5.41) is 9.63. The number of nitrogens with zero attached hydrogens (tertiary/aromatic N) is 2. The molecule has 0 aromatic heterocycles. The van der Waals surface area contributed by atoms with Gasteiger partial charge in [0.05, 0.1) is 12.6 Å². The van der Waals surface area contributed by atoms with E-state index >= 15 is 0 Å². The lowest BCUT2D eigenvalue weighted by atomic mass is 10.2. The van der Waals surface area contributed by atoms with Crippen molar-refractivity contribution < 1.29 is 9.90 Å². The third-order valence-electron chi connectivity index (χ3n) is 3.87. The van der Waals surface area contributed by atoms with E-state index in [-0.39, 0.29) is 18.7 Å². The zero-order chi connectivity index (χ0) is 16.2. The number of carbonyl (C=O) groups is 1. The molecule has 3 rings (SSSR count). The van der Waals surface area contributed by atoms with Crippen LogP contribution in [0, 0.1) is 6.92 Å². The summed E-state index contributed by atoms with van der Waals surface area (Å²) >= 11 is 1.40. The van der Waals surface area contributed by atoms with Gasteiger partial charge < -0.3 is 10.0 Å². The summed E-state index contributed by atoms with van der Waals surface area (Å²) in [5.41, 5.74) is 2.28. The SMILES string of the molecule is Cc1ccc(SN2C(=O)N(Cc3ccccc3)CC2CO)cc1. The van der Waals surface area contributed by atoms with Crippen molar-refractivity contribution in [2.75, 3.05) is 13.2 Å². The van der Waals surface area contributed by atoms with Crippen molar-refractivity contribution in [1.29, 1.82) is 0 Å². The molecule has 120 valence electrons. The number of rotatable bonds is 5. The Balaban J connectivity index is 1.72. The first-order chi connectivity index (χ1) is 11.2. The molecule has 2 amide bonds. The highest BCUT2D eigenvalue weighted by Crippen LogP contribution is 2.31. The summed E-state index contributed by atoms with van der Waals surface area (Å²) in [4.78, 5) is 15.5. The number of urea groups is 1. The van der Waals surface area contributed by atoms with Gasteiger partial charge in [-0.1, -0.05) is 48.0 Å². The van der Waals surface area contributed by atoms with Crippen molar-refractivity contribution in [2.45, 2.75) is 24.4 Å². The maximum Gasteiger partial charge on any atom is 0.331 e. The number of aliphatic hydroxyl groups excluding tert-OH is 1. The largest absolute Gasteiger partial charge is 0.394 e. The predicted molar refractivity (Wildman–Crippen MR) is 92.0 cm³/mol. The smallest absolute Gasteiger partial charge is 0.331 e. The Kier molecular flexibility index (Phi) is 4.88. The van der Waals surface area contributed by atoms with Crippen molar-refractivity contribution in [1.82, 2.24) is 9.21 Å². The van der Waals surface area contributed by atoms with Gasteiger partial charge in [0.15, 0.2) is 0 Å². The molecule has 1 atom stereocenters. The van der Waals surface area contributed by atoms with Gasteiger partial charge in [0.1, 0.15) is 0 Å². The van der Waals surface area contributed by atoms with Gasteiger partial charge in [0, 0.05) is 18.0 Å². The fourth-order valence-electron chi connectivity index (χ4n) is 2.60. The highest BCUT2D eigenvalue weighted by Gasteiger charge is 2.37. The molecule has 4 nitrogen and oxygen atoms in total. The Morgan fingerprint density at radius 2 is 1.83 bits per heavy atom. The monoisotopic (exact) mass is 328 g/mol. The molecule has 1 unspecified atom stereocenters. The van der Waals surface area contributed by atoms with E-state index in [1.165, 1.54) is 17.5 Å². The molecule has 1 N–H and O–H groups in total. The van der Waals surface area contributed by atoms with E-state index in [1.54, 1.807) is 9.21 Å². The molecule has 0 spiro atoms. The lowest BCUT2D eigenvalue weighted by molar-refractivity contribution is 0.202. The van der Waals surface area contributed by atoms with Crippen molar-refractivity contribution in [3.8, 4) is 0 Å². The second kappa shape index (κ2) is 7.06. The van der Waals surface area contributed by atoms with Gasteiger partial charge in [-0.25, -0.2) is 4.79 Å².